The summed E-state index contributed by atoms with van der Waals surface area (Å²) in [6.45, 7) is 6.89. The van der Waals surface area contributed by atoms with Crippen molar-refractivity contribution in [2.24, 2.45) is 0 Å². The van der Waals surface area contributed by atoms with Gasteiger partial charge in [-0.2, -0.15) is 0 Å². The highest BCUT2D eigenvalue weighted by atomic mass is 19.1. The first-order chi connectivity index (χ1) is 15.3. The Morgan fingerprint density at radius 2 is 1.75 bits per heavy atom. The van der Waals surface area contributed by atoms with Crippen molar-refractivity contribution in [1.82, 2.24) is 4.90 Å². The van der Waals surface area contributed by atoms with Gasteiger partial charge < -0.3 is 19.5 Å². The Balaban J connectivity index is 1.99. The van der Waals surface area contributed by atoms with Crippen LogP contribution >= 0.6 is 0 Å². The van der Waals surface area contributed by atoms with Crippen molar-refractivity contribution in [2.75, 3.05) is 19.8 Å². The van der Waals surface area contributed by atoms with Gasteiger partial charge in [-0.25, -0.2) is 4.39 Å². The fraction of sp³-hybridized carbons (Fsp3) is 0.360. The van der Waals surface area contributed by atoms with Crippen LogP contribution in [-0.2, 0) is 14.3 Å². The minimum atomic E-state index is -0.818. The highest BCUT2D eigenvalue weighted by molar-refractivity contribution is 6.46. The van der Waals surface area contributed by atoms with Crippen molar-refractivity contribution in [1.29, 1.82) is 0 Å². The summed E-state index contributed by atoms with van der Waals surface area (Å²) in [7, 11) is 0. The van der Waals surface area contributed by atoms with Gasteiger partial charge in [0.15, 0.2) is 0 Å². The molecule has 1 saturated heterocycles. The number of hydrogen-bond donors (Lipinski definition) is 1. The van der Waals surface area contributed by atoms with Crippen LogP contribution in [0.2, 0.25) is 0 Å². The van der Waals surface area contributed by atoms with Gasteiger partial charge in [0.05, 0.1) is 24.3 Å². The van der Waals surface area contributed by atoms with Gasteiger partial charge in [0.1, 0.15) is 17.3 Å². The molecule has 1 heterocycles. The van der Waals surface area contributed by atoms with E-state index in [-0.39, 0.29) is 24.0 Å². The fourth-order valence-corrected chi connectivity index (χ4v) is 3.69. The number of aliphatic hydroxyl groups excluding tert-OH is 1. The molecule has 1 fully saturated rings. The maximum Gasteiger partial charge on any atom is 0.295 e. The van der Waals surface area contributed by atoms with Crippen molar-refractivity contribution in [3.8, 4) is 5.75 Å². The zero-order valence-electron chi connectivity index (χ0n) is 18.5. The zero-order valence-corrected chi connectivity index (χ0v) is 18.5. The van der Waals surface area contributed by atoms with Crippen molar-refractivity contribution >= 4 is 17.4 Å². The molecule has 0 saturated carbocycles. The quantitative estimate of drug-likeness (QED) is 0.269. The summed E-state index contributed by atoms with van der Waals surface area (Å²) in [4.78, 5) is 27.2. The molecule has 1 atom stereocenters. The maximum atomic E-state index is 13.5. The number of rotatable bonds is 9. The minimum Gasteiger partial charge on any atom is -0.507 e. The summed E-state index contributed by atoms with van der Waals surface area (Å²) < 4.78 is 24.5. The molecule has 1 aliphatic rings. The normalized spacial score (nSPS) is 17.9. The van der Waals surface area contributed by atoms with E-state index in [1.165, 1.54) is 29.2 Å². The molecule has 1 amide bonds. The van der Waals surface area contributed by atoms with Crippen molar-refractivity contribution < 1.29 is 28.6 Å². The van der Waals surface area contributed by atoms with Crippen molar-refractivity contribution in [3.63, 3.8) is 0 Å². The van der Waals surface area contributed by atoms with Crippen LogP contribution in [0.1, 0.15) is 44.4 Å². The van der Waals surface area contributed by atoms with E-state index in [2.05, 4.69) is 0 Å². The minimum absolute atomic E-state index is 0.0180. The predicted octanol–water partition coefficient (Wildman–Crippen LogP) is 4.46. The highest BCUT2D eigenvalue weighted by Gasteiger charge is 2.45. The summed E-state index contributed by atoms with van der Waals surface area (Å²) in [5.74, 6) is -1.54. The van der Waals surface area contributed by atoms with Crippen LogP contribution in [0.4, 0.5) is 4.39 Å². The molecule has 7 heteroatoms. The second kappa shape index (κ2) is 10.4. The van der Waals surface area contributed by atoms with E-state index in [1.54, 1.807) is 24.3 Å². The number of carbonyl (C=O) groups excluding carboxylic acids is 2. The SMILES string of the molecule is CCOc1ccc(C(O)=C2C(=O)C(=O)N(CCCOC(C)C)C2c2ccc(F)cc2)cc1. The number of hydrogen-bond acceptors (Lipinski definition) is 5. The first-order valence-electron chi connectivity index (χ1n) is 10.7. The molecular weight excluding hydrogens is 413 g/mol. The van der Waals surface area contributed by atoms with Gasteiger partial charge in [0.25, 0.3) is 11.7 Å². The Labute approximate surface area is 187 Å². The van der Waals surface area contributed by atoms with E-state index in [4.69, 9.17) is 9.47 Å². The van der Waals surface area contributed by atoms with Gasteiger partial charge in [-0.1, -0.05) is 12.1 Å². The summed E-state index contributed by atoms with van der Waals surface area (Å²) in [6, 6.07) is 11.4. The number of carbonyl (C=O) groups is 2. The Hall–Kier alpha value is -3.19. The van der Waals surface area contributed by atoms with E-state index >= 15 is 0 Å². The van der Waals surface area contributed by atoms with Gasteiger partial charge in [0, 0.05) is 18.7 Å². The largest absolute Gasteiger partial charge is 0.507 e. The molecule has 2 aromatic carbocycles. The van der Waals surface area contributed by atoms with E-state index < -0.39 is 23.5 Å². The lowest BCUT2D eigenvalue weighted by Crippen LogP contribution is -2.31. The van der Waals surface area contributed by atoms with Crippen LogP contribution in [-0.4, -0.2) is 47.6 Å². The number of Topliss-reactive ketones (excluding diaryl/α,β-unsaturated/α-hetero) is 1. The van der Waals surface area contributed by atoms with E-state index in [0.29, 0.717) is 36.5 Å². The summed E-state index contributed by atoms with van der Waals surface area (Å²) in [5.41, 5.74) is 0.917. The van der Waals surface area contributed by atoms with Crippen LogP contribution in [0.3, 0.4) is 0 Å². The van der Waals surface area contributed by atoms with Gasteiger partial charge in [-0.05, 0) is 69.2 Å². The molecule has 1 aliphatic heterocycles. The molecule has 0 bridgehead atoms. The molecule has 170 valence electrons. The molecule has 0 aliphatic carbocycles. The lowest BCUT2D eigenvalue weighted by Gasteiger charge is -2.25. The number of likely N-dealkylation sites (tertiary alicyclic amines) is 1. The number of halogens is 1. The molecule has 0 spiro atoms. The monoisotopic (exact) mass is 441 g/mol. The number of amides is 1. The number of ketones is 1. The molecule has 2 aromatic rings. The molecule has 0 radical (unpaired) electrons. The van der Waals surface area contributed by atoms with E-state index in [1.807, 2.05) is 20.8 Å². The predicted molar refractivity (Wildman–Crippen MR) is 119 cm³/mol. The number of benzene rings is 2. The van der Waals surface area contributed by atoms with Crippen LogP contribution in [0, 0.1) is 5.82 Å². The van der Waals surface area contributed by atoms with Gasteiger partial charge in [0.2, 0.25) is 0 Å². The summed E-state index contributed by atoms with van der Waals surface area (Å²) >= 11 is 0. The molecule has 32 heavy (non-hydrogen) atoms. The van der Waals surface area contributed by atoms with Gasteiger partial charge in [-0.15, -0.1) is 0 Å². The highest BCUT2D eigenvalue weighted by Crippen LogP contribution is 2.39. The summed E-state index contributed by atoms with van der Waals surface area (Å²) in [5, 5.41) is 11.0. The van der Waals surface area contributed by atoms with E-state index in [0.717, 1.165) is 0 Å². The Morgan fingerprint density at radius 3 is 2.34 bits per heavy atom. The van der Waals surface area contributed by atoms with Crippen LogP contribution in [0.25, 0.3) is 5.76 Å². The molecule has 6 nitrogen and oxygen atoms in total. The molecule has 1 unspecified atom stereocenters. The second-order valence-electron chi connectivity index (χ2n) is 7.77. The van der Waals surface area contributed by atoms with Gasteiger partial charge in [-0.3, -0.25) is 9.59 Å². The standard InChI is InChI=1S/C25H28FNO5/c1-4-31-20-12-8-18(9-13-20)23(28)21-22(17-6-10-19(26)11-7-17)27(25(30)24(21)29)14-5-15-32-16(2)3/h6-13,16,22,28H,4-5,14-15H2,1-3H3. The van der Waals surface area contributed by atoms with Crippen molar-refractivity contribution in [2.45, 2.75) is 39.3 Å². The van der Waals surface area contributed by atoms with Crippen LogP contribution in [0.5, 0.6) is 5.75 Å². The average Bonchev–Trinajstić information content (AvgIpc) is 3.02. The summed E-state index contributed by atoms with van der Waals surface area (Å²) in [6.07, 6.45) is 0.574. The van der Waals surface area contributed by atoms with Gasteiger partial charge >= 0.3 is 0 Å². The molecule has 3 rings (SSSR count). The smallest absolute Gasteiger partial charge is 0.295 e. The fourth-order valence-electron chi connectivity index (χ4n) is 3.69. The zero-order chi connectivity index (χ0) is 23.3. The number of ether oxygens (including phenoxy) is 2. The second-order valence-corrected chi connectivity index (χ2v) is 7.77. The third-order valence-electron chi connectivity index (χ3n) is 5.16. The molecular formula is C25H28FNO5. The Bertz CT molecular complexity index is 982. The topological polar surface area (TPSA) is 76.1 Å². The first-order valence-corrected chi connectivity index (χ1v) is 10.7. The lowest BCUT2D eigenvalue weighted by molar-refractivity contribution is -0.140. The Morgan fingerprint density at radius 1 is 1.09 bits per heavy atom. The van der Waals surface area contributed by atoms with Crippen LogP contribution in [0.15, 0.2) is 54.1 Å². The third kappa shape index (κ3) is 5.16. The Kier molecular flexibility index (Phi) is 7.64. The van der Waals surface area contributed by atoms with Crippen molar-refractivity contribution in [3.05, 3.63) is 71.0 Å². The first kappa shape index (κ1) is 23.5. The number of aliphatic hydroxyl groups is 1. The average molecular weight is 441 g/mol. The van der Waals surface area contributed by atoms with Crippen LogP contribution < -0.4 is 4.74 Å². The maximum absolute atomic E-state index is 13.5. The lowest BCUT2D eigenvalue weighted by atomic mass is 9.95. The van der Waals surface area contributed by atoms with E-state index in [9.17, 15) is 19.1 Å². The molecule has 1 N–H and O–H groups in total. The third-order valence-corrected chi connectivity index (χ3v) is 5.16. The molecule has 0 aromatic heterocycles. The number of nitrogens with zero attached hydrogens (tertiary/aromatic N) is 1.